The largest absolute Gasteiger partial charge is 0.469 e. The lowest BCUT2D eigenvalue weighted by Crippen LogP contribution is -2.56. The third kappa shape index (κ3) is 6.29. The van der Waals surface area contributed by atoms with Crippen molar-refractivity contribution in [2.24, 2.45) is 11.8 Å². The van der Waals surface area contributed by atoms with E-state index in [1.165, 1.54) is 11.4 Å². The van der Waals surface area contributed by atoms with Gasteiger partial charge >= 0.3 is 5.97 Å². The van der Waals surface area contributed by atoms with Crippen LogP contribution >= 0.6 is 23.2 Å². The van der Waals surface area contributed by atoms with Gasteiger partial charge in [-0.3, -0.25) is 9.59 Å². The summed E-state index contributed by atoms with van der Waals surface area (Å²) in [5, 5.41) is 0.798. The van der Waals surface area contributed by atoms with Gasteiger partial charge in [0.05, 0.1) is 30.2 Å². The van der Waals surface area contributed by atoms with E-state index >= 15 is 0 Å². The number of ether oxygens (including phenoxy) is 1. The molecule has 7 nitrogen and oxygen atoms in total. The maximum atomic E-state index is 14.4. The molecule has 1 aliphatic heterocycles. The SMILES string of the molecule is CC[C@@H](CN(C)S(=O)(=O)C1CC1)N1C(=O)[C@H](C(C)C(=O)OC)C[C@H](c2cccc(Cl)c2)[C@H]1c1ccc(Cl)cc1. The standard InChI is InChI=1S/C29H36Cl2N2O5S/c1-5-23(17-32(3)39(36,37)24-13-14-24)33-27(19-9-11-21(30)12-10-19)26(20-7-6-8-22(31)15-20)16-25(28(33)34)18(2)29(35)38-4/h6-12,15,18,23-27H,5,13-14,16-17H2,1-4H3/t18?,23-,25-,26+,27+/m0/s1. The Labute approximate surface area is 241 Å². The quantitative estimate of drug-likeness (QED) is 0.330. The summed E-state index contributed by atoms with van der Waals surface area (Å²) in [4.78, 5) is 28.8. The number of hydrogen-bond acceptors (Lipinski definition) is 5. The smallest absolute Gasteiger partial charge is 0.309 e. The van der Waals surface area contributed by atoms with Crippen molar-refractivity contribution >= 4 is 45.1 Å². The number of rotatable bonds is 10. The van der Waals surface area contributed by atoms with Crippen LogP contribution in [0.15, 0.2) is 48.5 Å². The minimum Gasteiger partial charge on any atom is -0.469 e. The topological polar surface area (TPSA) is 84.0 Å². The third-order valence-electron chi connectivity index (χ3n) is 8.14. The first-order valence-electron chi connectivity index (χ1n) is 13.4. The van der Waals surface area contributed by atoms with Gasteiger partial charge in [-0.2, -0.15) is 0 Å². The lowest BCUT2D eigenvalue weighted by Gasteiger charge is -2.49. The average molecular weight is 596 g/mol. The lowest BCUT2D eigenvalue weighted by atomic mass is 9.71. The van der Waals surface area contributed by atoms with Crippen molar-refractivity contribution in [3.05, 3.63) is 69.7 Å². The van der Waals surface area contributed by atoms with Crippen LogP contribution < -0.4 is 0 Å². The molecule has 1 saturated carbocycles. The van der Waals surface area contributed by atoms with E-state index in [0.717, 1.165) is 11.1 Å². The summed E-state index contributed by atoms with van der Waals surface area (Å²) < 4.78 is 32.5. The number of methoxy groups -OCH3 is 1. The first-order chi connectivity index (χ1) is 18.5. The summed E-state index contributed by atoms with van der Waals surface area (Å²) in [5.41, 5.74) is 1.82. The summed E-state index contributed by atoms with van der Waals surface area (Å²) in [6, 6.07) is 14.1. The van der Waals surface area contributed by atoms with Crippen LogP contribution in [0.4, 0.5) is 0 Å². The van der Waals surface area contributed by atoms with E-state index in [1.54, 1.807) is 32.2 Å². The number of benzene rings is 2. The third-order valence-corrected chi connectivity index (χ3v) is 11.0. The van der Waals surface area contributed by atoms with E-state index in [0.29, 0.717) is 35.7 Å². The molecular weight excluding hydrogens is 559 g/mol. The summed E-state index contributed by atoms with van der Waals surface area (Å²) in [5.74, 6) is -2.17. The second-order valence-corrected chi connectivity index (χ2v) is 13.8. The molecular formula is C29H36Cl2N2O5S. The number of halogens is 2. The highest BCUT2D eigenvalue weighted by molar-refractivity contribution is 7.90. The maximum Gasteiger partial charge on any atom is 0.309 e. The fourth-order valence-electron chi connectivity index (χ4n) is 5.74. The van der Waals surface area contributed by atoms with Crippen LogP contribution in [0.5, 0.6) is 0 Å². The van der Waals surface area contributed by atoms with Crippen LogP contribution in [0.25, 0.3) is 0 Å². The molecule has 1 aliphatic carbocycles. The molecule has 2 aliphatic rings. The van der Waals surface area contributed by atoms with Gasteiger partial charge in [0.1, 0.15) is 0 Å². The number of nitrogens with zero attached hydrogens (tertiary/aromatic N) is 2. The van der Waals surface area contributed by atoms with Gasteiger partial charge in [-0.15, -0.1) is 0 Å². The van der Waals surface area contributed by atoms with E-state index in [2.05, 4.69) is 0 Å². The van der Waals surface area contributed by atoms with Crippen LogP contribution in [0.2, 0.25) is 10.0 Å². The first-order valence-corrected chi connectivity index (χ1v) is 15.6. The van der Waals surface area contributed by atoms with E-state index < -0.39 is 39.9 Å². The highest BCUT2D eigenvalue weighted by atomic mass is 35.5. The number of amides is 1. The Morgan fingerprint density at radius 3 is 2.33 bits per heavy atom. The summed E-state index contributed by atoms with van der Waals surface area (Å²) in [6.45, 7) is 3.83. The van der Waals surface area contributed by atoms with Crippen LogP contribution in [0.3, 0.4) is 0 Å². The number of carbonyl (C=O) groups excluding carboxylic acids is 2. The number of likely N-dealkylation sites (N-methyl/N-ethyl adjacent to an activating group) is 1. The normalized spacial score (nSPS) is 23.5. The minimum absolute atomic E-state index is 0.159. The minimum atomic E-state index is -3.45. The number of hydrogen-bond donors (Lipinski definition) is 0. The number of sulfonamides is 1. The summed E-state index contributed by atoms with van der Waals surface area (Å²) in [7, 11) is -0.538. The van der Waals surface area contributed by atoms with E-state index in [-0.39, 0.29) is 23.6 Å². The molecule has 0 aromatic heterocycles. The first kappa shape index (κ1) is 29.8. The zero-order chi connectivity index (χ0) is 28.5. The average Bonchev–Trinajstić information content (AvgIpc) is 3.77. The Morgan fingerprint density at radius 2 is 1.77 bits per heavy atom. The van der Waals surface area contributed by atoms with Crippen molar-refractivity contribution in [1.82, 2.24) is 9.21 Å². The number of likely N-dealkylation sites (tertiary alicyclic amines) is 1. The molecule has 39 heavy (non-hydrogen) atoms. The molecule has 1 heterocycles. The highest BCUT2D eigenvalue weighted by Crippen LogP contribution is 2.48. The molecule has 1 saturated heterocycles. The van der Waals surface area contributed by atoms with Crippen molar-refractivity contribution in [2.45, 2.75) is 62.8 Å². The molecule has 10 heteroatoms. The van der Waals surface area contributed by atoms with Gasteiger partial charge in [-0.1, -0.05) is 61.3 Å². The van der Waals surface area contributed by atoms with E-state index in [4.69, 9.17) is 27.9 Å². The summed E-state index contributed by atoms with van der Waals surface area (Å²) in [6.07, 6.45) is 2.26. The van der Waals surface area contributed by atoms with Gasteiger partial charge in [-0.05, 0) is 61.1 Å². The molecule has 0 N–H and O–H groups in total. The zero-order valence-corrected chi connectivity index (χ0v) is 25.0. The molecule has 0 radical (unpaired) electrons. The zero-order valence-electron chi connectivity index (χ0n) is 22.7. The fourth-order valence-corrected chi connectivity index (χ4v) is 7.69. The van der Waals surface area contributed by atoms with Crippen LogP contribution in [-0.2, 0) is 24.3 Å². The van der Waals surface area contributed by atoms with Gasteiger partial charge in [0, 0.05) is 35.6 Å². The molecule has 2 aromatic rings. The van der Waals surface area contributed by atoms with Gasteiger partial charge in [-0.25, -0.2) is 12.7 Å². The Balaban J connectivity index is 1.85. The van der Waals surface area contributed by atoms with Crippen LogP contribution in [0, 0.1) is 11.8 Å². The van der Waals surface area contributed by atoms with Crippen LogP contribution in [-0.4, -0.2) is 61.5 Å². The molecule has 0 spiro atoms. The van der Waals surface area contributed by atoms with Gasteiger partial charge < -0.3 is 9.64 Å². The number of carbonyl (C=O) groups is 2. The Morgan fingerprint density at radius 1 is 1.10 bits per heavy atom. The molecule has 0 bridgehead atoms. The predicted molar refractivity (Wildman–Crippen MR) is 153 cm³/mol. The van der Waals surface area contributed by atoms with Crippen molar-refractivity contribution in [3.63, 3.8) is 0 Å². The number of esters is 1. The lowest BCUT2D eigenvalue weighted by molar-refractivity contribution is -0.159. The molecule has 2 fully saturated rings. The van der Waals surface area contributed by atoms with Crippen molar-refractivity contribution in [3.8, 4) is 0 Å². The molecule has 4 rings (SSSR count). The van der Waals surface area contributed by atoms with E-state index in [9.17, 15) is 18.0 Å². The Hall–Kier alpha value is -2.13. The summed E-state index contributed by atoms with van der Waals surface area (Å²) >= 11 is 12.6. The molecule has 1 amide bonds. The predicted octanol–water partition coefficient (Wildman–Crippen LogP) is 5.68. The number of piperidine rings is 1. The maximum absolute atomic E-state index is 14.4. The van der Waals surface area contributed by atoms with Gasteiger partial charge in [0.15, 0.2) is 0 Å². The Bertz CT molecular complexity index is 1300. The van der Waals surface area contributed by atoms with Gasteiger partial charge in [0.2, 0.25) is 15.9 Å². The van der Waals surface area contributed by atoms with Crippen LogP contribution in [0.1, 0.15) is 62.6 Å². The van der Waals surface area contributed by atoms with Crippen molar-refractivity contribution in [2.75, 3.05) is 20.7 Å². The van der Waals surface area contributed by atoms with Crippen molar-refractivity contribution < 1.29 is 22.7 Å². The molecule has 5 atom stereocenters. The highest BCUT2D eigenvalue weighted by Gasteiger charge is 2.49. The second-order valence-electron chi connectivity index (χ2n) is 10.6. The van der Waals surface area contributed by atoms with E-state index in [1.807, 2.05) is 42.2 Å². The monoisotopic (exact) mass is 594 g/mol. The fraction of sp³-hybridized carbons (Fsp3) is 0.517. The Kier molecular flexibility index (Phi) is 9.31. The molecule has 2 aromatic carbocycles. The van der Waals surface area contributed by atoms with Crippen molar-refractivity contribution in [1.29, 1.82) is 0 Å². The molecule has 1 unspecified atom stereocenters. The molecule has 212 valence electrons. The second kappa shape index (κ2) is 12.2. The van der Waals surface area contributed by atoms with Gasteiger partial charge in [0.25, 0.3) is 0 Å².